The van der Waals surface area contributed by atoms with Crippen molar-refractivity contribution in [1.82, 2.24) is 9.97 Å². The number of phenols is 1. The molecule has 3 aromatic carbocycles. The van der Waals surface area contributed by atoms with Gasteiger partial charge in [0.25, 0.3) is 0 Å². The van der Waals surface area contributed by atoms with Crippen LogP contribution in [0, 0.1) is 12.0 Å². The van der Waals surface area contributed by atoms with Gasteiger partial charge in [0.05, 0.1) is 39.9 Å². The molecule has 0 amide bonds. The first-order valence-corrected chi connectivity index (χ1v) is 14.6. The van der Waals surface area contributed by atoms with E-state index >= 15 is 0 Å². The number of halogens is 3. The Kier molecular flexibility index (Phi) is 16.8. The average Bonchev–Trinajstić information content (AvgIpc) is 2.98. The van der Waals surface area contributed by atoms with E-state index in [0.29, 0.717) is 17.4 Å². The van der Waals surface area contributed by atoms with Crippen molar-refractivity contribution in [3.8, 4) is 5.75 Å². The molecule has 4 rings (SSSR count). The molecule has 4 aromatic rings. The van der Waals surface area contributed by atoms with Crippen molar-refractivity contribution >= 4 is 79.5 Å². The molecule has 0 saturated carbocycles. The fourth-order valence-corrected chi connectivity index (χ4v) is 5.43. The molecule has 15 nitrogen and oxygen atoms in total. The van der Waals surface area contributed by atoms with Gasteiger partial charge in [-0.05, 0) is 47.9 Å². The number of nitrogens with zero attached hydrogens (tertiary/aromatic N) is 4. The van der Waals surface area contributed by atoms with Crippen molar-refractivity contribution in [2.75, 3.05) is 17.7 Å². The maximum atomic E-state index is 13.7. The third kappa shape index (κ3) is 10.9. The maximum absolute atomic E-state index is 13.7. The summed E-state index contributed by atoms with van der Waals surface area (Å²) in [5, 5.41) is 48.4. The molecule has 0 aliphatic carbocycles. The molecule has 1 heterocycles. The van der Waals surface area contributed by atoms with E-state index in [-0.39, 0.29) is 116 Å². The van der Waals surface area contributed by atoms with Gasteiger partial charge in [0.2, 0.25) is 5.95 Å². The van der Waals surface area contributed by atoms with Crippen LogP contribution >= 0.6 is 36.0 Å². The molecule has 0 unspecified atom stereocenters. The van der Waals surface area contributed by atoms with Gasteiger partial charge in [0.15, 0.2) is 33.7 Å². The van der Waals surface area contributed by atoms with Crippen molar-refractivity contribution < 1.29 is 115 Å². The van der Waals surface area contributed by atoms with Crippen molar-refractivity contribution in [2.24, 2.45) is 10.2 Å². The van der Waals surface area contributed by atoms with E-state index in [2.05, 4.69) is 44.3 Å². The number of phenolic OH excluding ortho intramolecular Hbond substituents is 1. The summed E-state index contributed by atoms with van der Waals surface area (Å²) in [6.07, 6.45) is -1.35. The smallest absolute Gasteiger partial charge is 0.691 e. The number of azo groups is 1. The summed E-state index contributed by atoms with van der Waals surface area (Å²) in [7, 11) is -3.77. The summed E-state index contributed by atoms with van der Waals surface area (Å²) in [6, 6.07) is 11.1. The van der Waals surface area contributed by atoms with Gasteiger partial charge >= 0.3 is 65.2 Å². The first kappa shape index (κ1) is 39.9. The third-order valence-corrected chi connectivity index (χ3v) is 8.27. The van der Waals surface area contributed by atoms with Crippen molar-refractivity contribution in [1.29, 1.82) is 0 Å². The minimum absolute atomic E-state index is 0. The molecule has 2 N–H and O–H groups in total. The minimum Gasteiger partial charge on any atom is -0.691 e. The van der Waals surface area contributed by atoms with Crippen LogP contribution in [0.3, 0.4) is 0 Å². The van der Waals surface area contributed by atoms with Crippen LogP contribution in [0.2, 0.25) is 5.02 Å². The first-order chi connectivity index (χ1) is 20.6. The molecule has 0 saturated heterocycles. The molecule has 0 radical (unpaired) electrons. The van der Waals surface area contributed by atoms with E-state index < -0.39 is 38.4 Å². The summed E-state index contributed by atoms with van der Waals surface area (Å²) in [4.78, 5) is 6.36. The van der Waals surface area contributed by atoms with Gasteiger partial charge < -0.3 is 20.9 Å². The second-order valence-corrected chi connectivity index (χ2v) is 11.6. The zero-order valence-electron chi connectivity index (χ0n) is 22.8. The number of hydrogen-bond acceptors (Lipinski definition) is 17. The molecule has 0 bridgehead atoms. The monoisotopic (exact) mass is 723 g/mol. The molecule has 0 aliphatic rings. The van der Waals surface area contributed by atoms with Gasteiger partial charge in [-0.2, -0.15) is 28.2 Å². The second-order valence-electron chi connectivity index (χ2n) is 7.84. The zero-order valence-corrected chi connectivity index (χ0v) is 30.0. The van der Waals surface area contributed by atoms with Crippen molar-refractivity contribution in [3.05, 3.63) is 65.6 Å². The number of hydrogen-bond donors (Lipinski definition) is 2. The van der Waals surface area contributed by atoms with Crippen LogP contribution in [0.15, 0.2) is 68.6 Å². The fraction of sp³-hybridized carbons (Fsp3) is 0.0909. The topological polar surface area (TPSA) is 209 Å². The quantitative estimate of drug-likeness (QED) is 0.0216. The number of aromatic nitrogens is 2. The molecule has 0 spiro atoms. The van der Waals surface area contributed by atoms with Crippen molar-refractivity contribution in [2.45, 2.75) is 9.79 Å². The summed E-state index contributed by atoms with van der Waals surface area (Å²) >= 11 is 6.43. The van der Waals surface area contributed by atoms with E-state index in [1.54, 1.807) is 0 Å². The van der Waals surface area contributed by atoms with Gasteiger partial charge in [-0.25, -0.2) is 8.42 Å². The van der Waals surface area contributed by atoms with Gasteiger partial charge in [-0.1, -0.05) is 17.7 Å². The van der Waals surface area contributed by atoms with E-state index in [4.69, 9.17) is 15.8 Å². The molecule has 0 atom stereocenters. The fourth-order valence-electron chi connectivity index (χ4n) is 3.40. The predicted octanol–water partition coefficient (Wildman–Crippen LogP) is -1.76. The molecule has 23 heteroatoms. The number of anilines is 2. The summed E-state index contributed by atoms with van der Waals surface area (Å²) in [5.74, 6) is -2.50. The first-order valence-electron chi connectivity index (χ1n) is 11.2. The zero-order chi connectivity index (χ0) is 31.0. The van der Waals surface area contributed by atoms with E-state index in [0.717, 1.165) is 0 Å². The molecule has 228 valence electrons. The van der Waals surface area contributed by atoms with E-state index in [9.17, 15) is 32.8 Å². The Morgan fingerprint density at radius 3 is 2.40 bits per heavy atom. The van der Waals surface area contributed by atoms with Gasteiger partial charge in [-0.15, -0.1) is 9.45 Å². The standard InChI is InChI=1S/C22H16ClF2N5O10S3.2Na/c23-17-20(24)27-22(25)28-21(17)26-13-2-1-11-9-16(41-39-37-32)18(19(31)15(11)10-13)30-29-12-3-5-14(6-4-12)43(34,35)8-7-36-42-40-38-33;;/h1-6,9-10,31-33H,7-8H2,(H,26,27,28);;/q;2*+1/p-2. The number of aromatic hydroxyl groups is 1. The van der Waals surface area contributed by atoms with Crippen LogP contribution in [-0.4, -0.2) is 35.9 Å². The van der Waals surface area contributed by atoms with Crippen LogP contribution in [0.25, 0.3) is 10.8 Å². The third-order valence-electron chi connectivity index (χ3n) is 5.25. The van der Waals surface area contributed by atoms with E-state index in [1.165, 1.54) is 48.5 Å². The van der Waals surface area contributed by atoms with Crippen molar-refractivity contribution in [3.63, 3.8) is 0 Å². The predicted molar refractivity (Wildman–Crippen MR) is 142 cm³/mol. The maximum Gasteiger partial charge on any atom is 1.00 e. The Morgan fingerprint density at radius 2 is 1.71 bits per heavy atom. The van der Waals surface area contributed by atoms with Crippen LogP contribution in [-0.2, 0) is 32.8 Å². The summed E-state index contributed by atoms with van der Waals surface area (Å²) < 4.78 is 65.1. The summed E-state index contributed by atoms with van der Waals surface area (Å²) in [5.41, 5.74) is 0.234. The summed E-state index contributed by atoms with van der Waals surface area (Å²) in [6.45, 7) is -0.300. The van der Waals surface area contributed by atoms with Crippen LogP contribution in [0.4, 0.5) is 31.7 Å². The molecule has 45 heavy (non-hydrogen) atoms. The Labute approximate surface area is 310 Å². The van der Waals surface area contributed by atoms with Crippen LogP contribution in [0.1, 0.15) is 0 Å². The Morgan fingerprint density at radius 1 is 1.00 bits per heavy atom. The van der Waals surface area contributed by atoms with Crippen LogP contribution in [0.5, 0.6) is 5.75 Å². The number of sulfone groups is 1. The Bertz CT molecular complexity index is 1750. The van der Waals surface area contributed by atoms with Gasteiger partial charge in [-0.3, -0.25) is 14.3 Å². The SMILES string of the molecule is O=S(=O)(CCOSOO[O-])c1ccc(N=Nc2c(SOO[O-])cc3ccc(Nc4nc(F)nc(F)c4Cl)cc3c2O)cc1.[Na+].[Na+]. The molecular formula is C22H14ClF2N5Na2O10S3. The number of benzene rings is 3. The van der Waals surface area contributed by atoms with E-state index in [1.807, 2.05) is 0 Å². The normalized spacial score (nSPS) is 11.4. The van der Waals surface area contributed by atoms with Gasteiger partial charge in [0.1, 0.15) is 10.7 Å². The average molecular weight is 724 g/mol. The van der Waals surface area contributed by atoms with Gasteiger partial charge in [0, 0.05) is 11.1 Å². The molecule has 1 aromatic heterocycles. The second kappa shape index (κ2) is 18.9. The Balaban J connectivity index is 0.00000353. The number of rotatable bonds is 14. The number of nitrogens with one attached hydrogen (secondary N) is 1. The Hall–Kier alpha value is -1.28. The molecule has 0 fully saturated rings. The number of fused-ring (bicyclic) bond motifs is 1. The minimum atomic E-state index is -3.77. The molecule has 0 aliphatic heterocycles. The molecular weight excluding hydrogens is 710 g/mol. The largest absolute Gasteiger partial charge is 1.00 e. The van der Waals surface area contributed by atoms with Crippen LogP contribution < -0.4 is 74.9 Å².